The van der Waals surface area contributed by atoms with Crippen LogP contribution in [-0.4, -0.2) is 19.7 Å². The lowest BCUT2D eigenvalue weighted by Crippen LogP contribution is -2.00. The highest BCUT2D eigenvalue weighted by Crippen LogP contribution is 2.24. The highest BCUT2D eigenvalue weighted by atomic mass is 35.5. The fraction of sp³-hybridized carbons (Fsp3) is 0.154. The minimum Gasteiger partial charge on any atom is -0.382 e. The fourth-order valence-electron chi connectivity index (χ4n) is 2.09. The number of nitrogens with two attached hydrogens (primary N) is 1. The number of hydrogen-bond acceptors (Lipinski definition) is 4. The molecule has 0 spiro atoms. The van der Waals surface area contributed by atoms with Crippen molar-refractivity contribution in [2.45, 2.75) is 6.92 Å². The van der Waals surface area contributed by atoms with E-state index in [9.17, 15) is 4.39 Å². The first-order valence-electron chi connectivity index (χ1n) is 5.79. The molecule has 0 saturated heterocycles. The number of rotatable bonds is 1. The van der Waals surface area contributed by atoms with E-state index in [0.717, 1.165) is 11.3 Å². The maximum atomic E-state index is 12.9. The van der Waals surface area contributed by atoms with Gasteiger partial charge in [0.25, 0.3) is 0 Å². The fourth-order valence-corrected chi connectivity index (χ4v) is 2.09. The Morgan fingerprint density at radius 1 is 1.15 bits per heavy atom. The van der Waals surface area contributed by atoms with Gasteiger partial charge in [0.2, 0.25) is 0 Å². The number of fused-ring (bicyclic) bond motifs is 1. The summed E-state index contributed by atoms with van der Waals surface area (Å²) >= 11 is 0. The third-order valence-corrected chi connectivity index (χ3v) is 2.98. The van der Waals surface area contributed by atoms with Gasteiger partial charge >= 0.3 is 0 Å². The summed E-state index contributed by atoms with van der Waals surface area (Å²) in [5.74, 6) is 0.545. The van der Waals surface area contributed by atoms with Gasteiger partial charge in [-0.15, -0.1) is 12.4 Å². The maximum Gasteiger partial charge on any atom is 0.162 e. The molecule has 20 heavy (non-hydrogen) atoms. The molecule has 7 heteroatoms. The second kappa shape index (κ2) is 5.05. The van der Waals surface area contributed by atoms with Crippen molar-refractivity contribution < 1.29 is 4.39 Å². The molecule has 5 nitrogen and oxygen atoms in total. The van der Waals surface area contributed by atoms with Crippen LogP contribution in [0.2, 0.25) is 0 Å². The topological polar surface area (TPSA) is 69.6 Å². The highest BCUT2D eigenvalue weighted by Gasteiger charge is 2.13. The number of benzene rings is 1. The Balaban J connectivity index is 0.00000147. The quantitative estimate of drug-likeness (QED) is 0.748. The third-order valence-electron chi connectivity index (χ3n) is 2.98. The lowest BCUT2D eigenvalue weighted by molar-refractivity contribution is 0.628. The average molecular weight is 294 g/mol. The van der Waals surface area contributed by atoms with Gasteiger partial charge in [-0.1, -0.05) is 0 Å². The van der Waals surface area contributed by atoms with Crippen LogP contribution in [0.15, 0.2) is 24.3 Å². The molecule has 0 bridgehead atoms. The van der Waals surface area contributed by atoms with Gasteiger partial charge in [0.15, 0.2) is 11.6 Å². The van der Waals surface area contributed by atoms with E-state index in [4.69, 9.17) is 5.73 Å². The average Bonchev–Trinajstić information content (AvgIpc) is 2.66. The summed E-state index contributed by atoms with van der Waals surface area (Å²) in [6, 6.07) is 5.99. The Labute approximate surface area is 121 Å². The predicted molar refractivity (Wildman–Crippen MR) is 78.1 cm³/mol. The molecule has 0 aliphatic carbocycles. The van der Waals surface area contributed by atoms with E-state index >= 15 is 0 Å². The van der Waals surface area contributed by atoms with Gasteiger partial charge < -0.3 is 5.73 Å². The Bertz CT molecular complexity index is 767. The Morgan fingerprint density at radius 2 is 1.80 bits per heavy atom. The largest absolute Gasteiger partial charge is 0.382 e. The Kier molecular flexibility index (Phi) is 3.59. The number of nitrogen functional groups attached to an aromatic ring is 1. The van der Waals surface area contributed by atoms with Crippen LogP contribution in [0.1, 0.15) is 5.69 Å². The SMILES string of the molecule is Cc1nn(C)c2c(N)nc(-c3ccc(F)cc3)nc12.Cl. The second-order valence-electron chi connectivity index (χ2n) is 4.35. The van der Waals surface area contributed by atoms with Gasteiger partial charge in [-0.05, 0) is 31.2 Å². The molecule has 2 aromatic heterocycles. The zero-order valence-corrected chi connectivity index (χ0v) is 11.8. The summed E-state index contributed by atoms with van der Waals surface area (Å²) in [5.41, 5.74) is 8.89. The summed E-state index contributed by atoms with van der Waals surface area (Å²) < 4.78 is 14.6. The summed E-state index contributed by atoms with van der Waals surface area (Å²) in [6.45, 7) is 1.86. The molecule has 0 amide bonds. The van der Waals surface area contributed by atoms with Gasteiger partial charge in [-0.3, -0.25) is 4.68 Å². The van der Waals surface area contributed by atoms with E-state index in [1.807, 2.05) is 6.92 Å². The van der Waals surface area contributed by atoms with Crippen LogP contribution in [0.25, 0.3) is 22.4 Å². The van der Waals surface area contributed by atoms with Crippen LogP contribution in [0, 0.1) is 12.7 Å². The van der Waals surface area contributed by atoms with Crippen LogP contribution in [-0.2, 0) is 7.05 Å². The normalized spacial score (nSPS) is 10.6. The van der Waals surface area contributed by atoms with Crippen LogP contribution in [0.5, 0.6) is 0 Å². The van der Waals surface area contributed by atoms with Crippen molar-refractivity contribution >= 4 is 29.3 Å². The summed E-state index contributed by atoms with van der Waals surface area (Å²) in [7, 11) is 1.80. The number of nitrogens with zero attached hydrogens (tertiary/aromatic N) is 4. The zero-order valence-electron chi connectivity index (χ0n) is 11.0. The van der Waals surface area contributed by atoms with Gasteiger partial charge in [0.05, 0.1) is 5.69 Å². The molecule has 0 atom stereocenters. The van der Waals surface area contributed by atoms with Crippen molar-refractivity contribution in [3.63, 3.8) is 0 Å². The van der Waals surface area contributed by atoms with Crippen molar-refractivity contribution in [2.24, 2.45) is 7.05 Å². The van der Waals surface area contributed by atoms with Gasteiger partial charge in [0.1, 0.15) is 16.9 Å². The van der Waals surface area contributed by atoms with Crippen molar-refractivity contribution in [2.75, 3.05) is 5.73 Å². The molecule has 0 saturated carbocycles. The van der Waals surface area contributed by atoms with Crippen LogP contribution in [0.3, 0.4) is 0 Å². The van der Waals surface area contributed by atoms with E-state index < -0.39 is 0 Å². The summed E-state index contributed by atoms with van der Waals surface area (Å²) in [6.07, 6.45) is 0. The number of aromatic nitrogens is 4. The summed E-state index contributed by atoms with van der Waals surface area (Å²) in [5, 5.41) is 4.27. The van der Waals surface area contributed by atoms with E-state index in [1.54, 1.807) is 23.9 Å². The first kappa shape index (κ1) is 14.2. The molecule has 3 rings (SSSR count). The van der Waals surface area contributed by atoms with E-state index in [0.29, 0.717) is 22.7 Å². The number of anilines is 1. The smallest absolute Gasteiger partial charge is 0.162 e. The van der Waals surface area contributed by atoms with Crippen LogP contribution >= 0.6 is 12.4 Å². The molecule has 0 aliphatic rings. The molecular weight excluding hydrogens is 281 g/mol. The van der Waals surface area contributed by atoms with E-state index in [-0.39, 0.29) is 18.2 Å². The number of hydrogen-bond donors (Lipinski definition) is 1. The standard InChI is InChI=1S/C13H12FN5.ClH/c1-7-10-11(19(2)18-7)12(15)17-13(16-10)8-3-5-9(14)6-4-8;/h3-6H,1-2H3,(H2,15,16,17);1H. The van der Waals surface area contributed by atoms with Gasteiger partial charge in [-0.2, -0.15) is 5.10 Å². The summed E-state index contributed by atoms with van der Waals surface area (Å²) in [4.78, 5) is 8.72. The van der Waals surface area contributed by atoms with Crippen LogP contribution in [0.4, 0.5) is 10.2 Å². The molecule has 0 fully saturated rings. The molecule has 1 aromatic carbocycles. The lowest BCUT2D eigenvalue weighted by atomic mass is 10.2. The van der Waals surface area contributed by atoms with Crippen molar-refractivity contribution in [1.82, 2.24) is 19.7 Å². The molecule has 0 unspecified atom stereocenters. The first-order chi connectivity index (χ1) is 9.06. The van der Waals surface area contributed by atoms with E-state index in [1.165, 1.54) is 12.1 Å². The van der Waals surface area contributed by atoms with Crippen molar-refractivity contribution in [3.8, 4) is 11.4 Å². The van der Waals surface area contributed by atoms with Gasteiger partial charge in [-0.25, -0.2) is 14.4 Å². The van der Waals surface area contributed by atoms with Crippen molar-refractivity contribution in [3.05, 3.63) is 35.8 Å². The maximum absolute atomic E-state index is 12.9. The molecule has 3 aromatic rings. The lowest BCUT2D eigenvalue weighted by Gasteiger charge is -2.03. The zero-order chi connectivity index (χ0) is 13.6. The number of halogens is 2. The minimum atomic E-state index is -0.296. The predicted octanol–water partition coefficient (Wildman–Crippen LogP) is 2.48. The molecule has 0 radical (unpaired) electrons. The molecule has 2 heterocycles. The minimum absolute atomic E-state index is 0. The Morgan fingerprint density at radius 3 is 2.45 bits per heavy atom. The van der Waals surface area contributed by atoms with Crippen LogP contribution < -0.4 is 5.73 Å². The monoisotopic (exact) mass is 293 g/mol. The third kappa shape index (κ3) is 2.18. The molecule has 0 aliphatic heterocycles. The molecule has 2 N–H and O–H groups in total. The van der Waals surface area contributed by atoms with Gasteiger partial charge in [0, 0.05) is 12.6 Å². The number of aryl methyl sites for hydroxylation is 2. The molecule has 104 valence electrons. The molecular formula is C13H13ClFN5. The highest BCUT2D eigenvalue weighted by molar-refractivity contribution is 5.88. The van der Waals surface area contributed by atoms with E-state index in [2.05, 4.69) is 15.1 Å². The van der Waals surface area contributed by atoms with Crippen molar-refractivity contribution in [1.29, 1.82) is 0 Å². The Hall–Kier alpha value is -2.21. The first-order valence-corrected chi connectivity index (χ1v) is 5.79. The second-order valence-corrected chi connectivity index (χ2v) is 4.35.